The van der Waals surface area contributed by atoms with Crippen molar-refractivity contribution in [1.82, 2.24) is 21.3 Å². The van der Waals surface area contributed by atoms with Gasteiger partial charge in [0.25, 0.3) is 0 Å². The Kier molecular flexibility index (Phi) is 12.8. The molecule has 0 amide bonds. The standard InChI is InChI=1S/C60H64N6/c1-6-20-41(21-7-1)50-38-51(40-52(39-50)59-64-57(45-28-14-5-15-29-45)65-60(66-59)54-35-17-16-34-53(54)42-22-8-2-9-23-42)48-32-18-30-46(36-48)47-31-19-33-49(37-47)58-62-55(43-24-10-3-11-25-43)61-56(63-58)44-26-12-4-13-27-44/h1-3,5-11,14-17,20-26,28-29,34-36,38,40,47-50,56-59,63-64H,4,12-13,18-19,27,30-33,37,39H2,(H,61,62)(H,65,66). The fraction of sp³-hybridized carbons (Fsp3) is 0.333. The summed E-state index contributed by atoms with van der Waals surface area (Å²) in [6.45, 7) is 0. The highest BCUT2D eigenvalue weighted by atomic mass is 15.3. The normalized spacial score (nSPS) is 27.9. The van der Waals surface area contributed by atoms with Crippen LogP contribution >= 0.6 is 0 Å². The lowest BCUT2D eigenvalue weighted by atomic mass is 9.71. The molecule has 8 unspecified atom stereocenters. The highest BCUT2D eigenvalue weighted by Crippen LogP contribution is 2.44. The summed E-state index contributed by atoms with van der Waals surface area (Å²) in [7, 11) is 0. The summed E-state index contributed by atoms with van der Waals surface area (Å²) < 4.78 is 0. The zero-order valence-corrected chi connectivity index (χ0v) is 38.2. The van der Waals surface area contributed by atoms with Crippen LogP contribution in [0.4, 0.5) is 0 Å². The molecule has 11 rings (SSSR count). The van der Waals surface area contributed by atoms with Gasteiger partial charge in [0.15, 0.2) is 0 Å². The van der Waals surface area contributed by atoms with Crippen molar-refractivity contribution in [2.24, 2.45) is 27.7 Å². The van der Waals surface area contributed by atoms with Crippen molar-refractivity contribution in [3.05, 3.63) is 214 Å². The van der Waals surface area contributed by atoms with Crippen molar-refractivity contribution in [2.45, 2.75) is 108 Å². The number of amidine groups is 2. The van der Waals surface area contributed by atoms with Gasteiger partial charge in [0, 0.05) is 23.0 Å². The number of hydrogen-bond donors (Lipinski definition) is 4. The molecule has 0 radical (unpaired) electrons. The monoisotopic (exact) mass is 869 g/mol. The van der Waals surface area contributed by atoms with Crippen molar-refractivity contribution in [3.8, 4) is 11.1 Å². The van der Waals surface area contributed by atoms with E-state index in [2.05, 4.69) is 191 Å². The van der Waals surface area contributed by atoms with Crippen LogP contribution in [0.15, 0.2) is 202 Å². The molecule has 2 heterocycles. The van der Waals surface area contributed by atoms with E-state index in [-0.39, 0.29) is 30.6 Å². The van der Waals surface area contributed by atoms with Crippen molar-refractivity contribution in [2.75, 3.05) is 0 Å². The number of hydrogen-bond acceptors (Lipinski definition) is 6. The maximum absolute atomic E-state index is 5.61. The smallest absolute Gasteiger partial charge is 0.132 e. The van der Waals surface area contributed by atoms with Gasteiger partial charge in [-0.05, 0) is 121 Å². The van der Waals surface area contributed by atoms with E-state index in [0.717, 1.165) is 30.1 Å². The topological polar surface area (TPSA) is 72.8 Å². The van der Waals surface area contributed by atoms with Crippen LogP contribution < -0.4 is 21.3 Å². The number of allylic oxidation sites excluding steroid dienone is 6. The molecule has 5 aromatic rings. The molecular weight excluding hydrogens is 805 g/mol. The molecule has 0 aromatic heterocycles. The van der Waals surface area contributed by atoms with Crippen molar-refractivity contribution < 1.29 is 0 Å². The first kappa shape index (κ1) is 42.5. The second kappa shape index (κ2) is 19.8. The minimum atomic E-state index is -0.190. The molecule has 4 N–H and O–H groups in total. The Balaban J connectivity index is 0.898. The van der Waals surface area contributed by atoms with Crippen molar-refractivity contribution in [1.29, 1.82) is 0 Å². The van der Waals surface area contributed by atoms with Gasteiger partial charge in [-0.3, -0.25) is 10.6 Å². The van der Waals surface area contributed by atoms with Crippen LogP contribution in [0.5, 0.6) is 0 Å². The molecule has 4 aliphatic carbocycles. The molecule has 0 spiro atoms. The van der Waals surface area contributed by atoms with Gasteiger partial charge in [-0.2, -0.15) is 0 Å². The largest absolute Gasteiger partial charge is 0.354 e. The highest BCUT2D eigenvalue weighted by molar-refractivity contribution is 6.05. The van der Waals surface area contributed by atoms with E-state index in [1.54, 1.807) is 5.57 Å². The molecule has 6 heteroatoms. The minimum absolute atomic E-state index is 0.0543. The lowest BCUT2D eigenvalue weighted by Gasteiger charge is -2.42. The Hall–Kier alpha value is -6.08. The first-order chi connectivity index (χ1) is 32.7. The third-order valence-electron chi connectivity index (χ3n) is 15.2. The van der Waals surface area contributed by atoms with Gasteiger partial charge < -0.3 is 10.6 Å². The van der Waals surface area contributed by atoms with E-state index in [9.17, 15) is 0 Å². The van der Waals surface area contributed by atoms with Crippen LogP contribution in [0.1, 0.15) is 111 Å². The lowest BCUT2D eigenvalue weighted by Crippen LogP contribution is -2.58. The summed E-state index contributed by atoms with van der Waals surface area (Å²) in [4.78, 5) is 10.9. The lowest BCUT2D eigenvalue weighted by molar-refractivity contribution is 0.202. The average Bonchev–Trinajstić information content (AvgIpc) is 3.42. The maximum Gasteiger partial charge on any atom is 0.132 e. The van der Waals surface area contributed by atoms with Crippen LogP contribution in [0.2, 0.25) is 0 Å². The summed E-state index contributed by atoms with van der Waals surface area (Å²) >= 11 is 0. The van der Waals surface area contributed by atoms with Crippen molar-refractivity contribution >= 4 is 11.7 Å². The highest BCUT2D eigenvalue weighted by Gasteiger charge is 2.37. The molecule has 2 aliphatic heterocycles. The molecule has 0 bridgehead atoms. The number of benzene rings is 5. The minimum Gasteiger partial charge on any atom is -0.354 e. The van der Waals surface area contributed by atoms with Crippen LogP contribution in [-0.4, -0.2) is 30.2 Å². The fourth-order valence-electron chi connectivity index (χ4n) is 11.8. The first-order valence-electron chi connectivity index (χ1n) is 25.0. The quantitative estimate of drug-likeness (QED) is 0.106. The second-order valence-corrected chi connectivity index (χ2v) is 19.5. The van der Waals surface area contributed by atoms with Crippen molar-refractivity contribution in [3.63, 3.8) is 0 Å². The number of rotatable bonds is 10. The van der Waals surface area contributed by atoms with Crippen LogP contribution in [-0.2, 0) is 0 Å². The van der Waals surface area contributed by atoms with E-state index in [1.165, 1.54) is 109 Å². The number of nitrogens with one attached hydrogen (secondary N) is 4. The average molecular weight is 869 g/mol. The van der Waals surface area contributed by atoms with Crippen LogP contribution in [0, 0.1) is 17.8 Å². The molecule has 5 aromatic carbocycles. The number of aliphatic imine (C=N–C) groups is 2. The molecule has 1 fully saturated rings. The predicted octanol–water partition coefficient (Wildman–Crippen LogP) is 12.7. The third-order valence-corrected chi connectivity index (χ3v) is 15.2. The molecule has 0 saturated heterocycles. The van der Waals surface area contributed by atoms with Gasteiger partial charge in [-0.25, -0.2) is 9.98 Å². The first-order valence-corrected chi connectivity index (χ1v) is 25.0. The van der Waals surface area contributed by atoms with E-state index < -0.39 is 0 Å². The van der Waals surface area contributed by atoms with E-state index >= 15 is 0 Å². The molecular formula is C60H64N6. The summed E-state index contributed by atoms with van der Waals surface area (Å²) in [5.74, 6) is 3.78. The molecule has 334 valence electrons. The summed E-state index contributed by atoms with van der Waals surface area (Å²) in [5, 5.41) is 15.8. The maximum atomic E-state index is 5.61. The van der Waals surface area contributed by atoms with Gasteiger partial charge in [0.05, 0.1) is 6.17 Å². The van der Waals surface area contributed by atoms with Crippen LogP contribution in [0.3, 0.4) is 0 Å². The fourth-order valence-corrected chi connectivity index (χ4v) is 11.8. The Morgan fingerprint density at radius 2 is 1.15 bits per heavy atom. The third kappa shape index (κ3) is 9.45. The zero-order chi connectivity index (χ0) is 44.1. The summed E-state index contributed by atoms with van der Waals surface area (Å²) in [6, 6.07) is 52.2. The van der Waals surface area contributed by atoms with Gasteiger partial charge in [0.2, 0.25) is 0 Å². The zero-order valence-electron chi connectivity index (χ0n) is 38.2. The molecule has 1 saturated carbocycles. The Bertz CT molecular complexity index is 2640. The summed E-state index contributed by atoms with van der Waals surface area (Å²) in [6.07, 6.45) is 24.7. The second-order valence-electron chi connectivity index (χ2n) is 19.5. The van der Waals surface area contributed by atoms with E-state index in [4.69, 9.17) is 9.98 Å². The van der Waals surface area contributed by atoms with E-state index in [0.29, 0.717) is 17.8 Å². The Morgan fingerprint density at radius 1 is 0.485 bits per heavy atom. The van der Waals surface area contributed by atoms with Gasteiger partial charge in [-0.1, -0.05) is 182 Å². The molecule has 8 atom stereocenters. The van der Waals surface area contributed by atoms with Gasteiger partial charge >= 0.3 is 0 Å². The summed E-state index contributed by atoms with van der Waals surface area (Å²) in [5.41, 5.74) is 13.2. The molecule has 6 aliphatic rings. The Labute approximate surface area is 392 Å². The Morgan fingerprint density at radius 3 is 1.91 bits per heavy atom. The predicted molar refractivity (Wildman–Crippen MR) is 272 cm³/mol. The van der Waals surface area contributed by atoms with Gasteiger partial charge in [0.1, 0.15) is 30.2 Å². The molecule has 6 nitrogen and oxygen atoms in total. The molecule has 66 heavy (non-hydrogen) atoms. The number of nitrogens with zero attached hydrogens (tertiary/aromatic N) is 2. The van der Waals surface area contributed by atoms with E-state index in [1.807, 2.05) is 0 Å². The van der Waals surface area contributed by atoms with Crippen LogP contribution in [0.25, 0.3) is 11.1 Å². The van der Waals surface area contributed by atoms with Gasteiger partial charge in [-0.15, -0.1) is 0 Å². The SMILES string of the molecule is C1=C(C2C=C(C3CCCC(C4NC(c5ccccc5)=NC(C5=CCCCC5)N4)C3)CCC2)C=C(C2N=C(c3ccccc3-c3ccccc3)NC(c3ccccc3)N2)CC1c1ccccc1.